The summed E-state index contributed by atoms with van der Waals surface area (Å²) in [5, 5.41) is 17.8. The van der Waals surface area contributed by atoms with Gasteiger partial charge in [0.2, 0.25) is 0 Å². The van der Waals surface area contributed by atoms with Crippen LogP contribution >= 0.6 is 0 Å². The van der Waals surface area contributed by atoms with Gasteiger partial charge in [-0.1, -0.05) is 95.1 Å². The Kier molecular flexibility index (Phi) is 20.2. The second-order valence-corrected chi connectivity index (χ2v) is 13.5. The standard InChI is InChI=1S/C26H31S.C9H12S.2C2H4O2/c1-3-5-10-22-14-18-25(19-15-22)27(24-12-8-7-9-13-24)26-20-16-23(17-21-26)11-6-4-2;1-7(2)8-3-5-9(10)6-4-8;2*1-2(3)4/h7-9,12-21H,3-6,10-11H2,1-2H3;3-7,10H,1-2H3;2*1H3,(H,3,4)/q+1;;;/p-1. The highest BCUT2D eigenvalue weighted by Crippen LogP contribution is 2.31. The predicted molar refractivity (Wildman–Crippen MR) is 189 cm³/mol. The molecule has 0 saturated carbocycles. The van der Waals surface area contributed by atoms with Crippen molar-refractivity contribution in [2.24, 2.45) is 0 Å². The van der Waals surface area contributed by atoms with Crippen LogP contribution in [0.5, 0.6) is 0 Å². The first-order valence-corrected chi connectivity index (χ1v) is 17.3. The average molecular weight is 647 g/mol. The molecule has 0 amide bonds. The van der Waals surface area contributed by atoms with E-state index >= 15 is 0 Å². The normalized spacial score (nSPS) is 10.1. The molecule has 0 N–H and O–H groups in total. The molecule has 4 aromatic rings. The Hall–Kier alpha value is -3.48. The maximum Gasteiger partial charge on any atom is 0.166 e. The molecule has 0 spiro atoms. The fourth-order valence-corrected chi connectivity index (χ4v) is 6.41. The number of aryl methyl sites for hydroxylation is 2. The van der Waals surface area contributed by atoms with Crippen molar-refractivity contribution >= 4 is 35.5 Å². The molecule has 4 aromatic carbocycles. The number of carboxylic acids is 2. The van der Waals surface area contributed by atoms with Gasteiger partial charge in [-0.3, -0.25) is 0 Å². The summed E-state index contributed by atoms with van der Waals surface area (Å²) in [7, 11) is -0.0426. The topological polar surface area (TPSA) is 80.3 Å². The molecule has 0 saturated heterocycles. The summed E-state index contributed by atoms with van der Waals surface area (Å²) in [6, 6.07) is 38.0. The van der Waals surface area contributed by atoms with Crippen molar-refractivity contribution in [2.75, 3.05) is 0 Å². The van der Waals surface area contributed by atoms with Gasteiger partial charge in [0.25, 0.3) is 0 Å². The molecule has 6 heteroatoms. The summed E-state index contributed by atoms with van der Waals surface area (Å²) < 4.78 is 0. The van der Waals surface area contributed by atoms with Gasteiger partial charge in [0, 0.05) is 11.9 Å². The van der Waals surface area contributed by atoms with Gasteiger partial charge >= 0.3 is 0 Å². The molecule has 0 radical (unpaired) electrons. The molecule has 0 aromatic heterocycles. The van der Waals surface area contributed by atoms with E-state index in [4.69, 9.17) is 19.8 Å². The molecule has 4 rings (SSSR count). The number of hydrogen-bond donors (Lipinski definition) is 0. The Morgan fingerprint density at radius 3 is 1.31 bits per heavy atom. The minimum absolute atomic E-state index is 0.0426. The first kappa shape index (κ1) is 39.5. The van der Waals surface area contributed by atoms with Crippen LogP contribution in [0.15, 0.2) is 123 Å². The van der Waals surface area contributed by atoms with Crippen LogP contribution in [0.1, 0.15) is 89.8 Å². The van der Waals surface area contributed by atoms with E-state index in [9.17, 15) is 0 Å². The van der Waals surface area contributed by atoms with Crippen LogP contribution in [0.25, 0.3) is 0 Å². The van der Waals surface area contributed by atoms with E-state index in [1.807, 2.05) is 0 Å². The van der Waals surface area contributed by atoms with Crippen molar-refractivity contribution in [3.05, 3.63) is 120 Å². The summed E-state index contributed by atoms with van der Waals surface area (Å²) in [5.41, 5.74) is 4.29. The van der Waals surface area contributed by atoms with Crippen molar-refractivity contribution in [3.8, 4) is 0 Å². The Balaban J connectivity index is 0.000000460. The SMILES string of the molecule is CC(=O)[O-].CC(=O)[O-].CC(C)c1ccc([SH2+])cc1.CCCCc1ccc([S+](c2ccccc2)c2ccc(CCCC)cc2)cc1. The highest BCUT2D eigenvalue weighted by molar-refractivity contribution is 7.97. The molecule has 0 bridgehead atoms. The lowest BCUT2D eigenvalue weighted by molar-refractivity contribution is -0.303. The number of carbonyl (C=O) groups is 2. The van der Waals surface area contributed by atoms with Gasteiger partial charge in [-0.25, -0.2) is 0 Å². The highest BCUT2D eigenvalue weighted by atomic mass is 32.2. The van der Waals surface area contributed by atoms with Crippen LogP contribution in [-0.4, -0.2) is 11.9 Å². The summed E-state index contributed by atoms with van der Waals surface area (Å²) in [6.07, 6.45) is 7.40. The van der Waals surface area contributed by atoms with Crippen molar-refractivity contribution in [2.45, 2.75) is 106 Å². The molecule has 0 aliphatic rings. The van der Waals surface area contributed by atoms with Crippen LogP contribution in [0.2, 0.25) is 0 Å². The van der Waals surface area contributed by atoms with Gasteiger partial charge < -0.3 is 19.8 Å². The highest BCUT2D eigenvalue weighted by Gasteiger charge is 2.28. The third-order valence-electron chi connectivity index (χ3n) is 6.51. The van der Waals surface area contributed by atoms with Gasteiger partial charge in [0.15, 0.2) is 14.7 Å². The lowest BCUT2D eigenvalue weighted by Gasteiger charge is -2.09. The van der Waals surface area contributed by atoms with E-state index in [1.165, 1.54) is 69.9 Å². The maximum absolute atomic E-state index is 8.89. The van der Waals surface area contributed by atoms with E-state index < -0.39 is 11.9 Å². The van der Waals surface area contributed by atoms with Crippen molar-refractivity contribution in [1.82, 2.24) is 0 Å². The quantitative estimate of drug-likeness (QED) is 0.171. The summed E-state index contributed by atoms with van der Waals surface area (Å²) >= 11 is 3.44. The fraction of sp³-hybridized carbons (Fsp3) is 0.333. The maximum atomic E-state index is 8.89. The third kappa shape index (κ3) is 17.6. The lowest BCUT2D eigenvalue weighted by Crippen LogP contribution is -2.16. The summed E-state index contributed by atoms with van der Waals surface area (Å²) in [4.78, 5) is 23.1. The molecule has 0 fully saturated rings. The Bertz CT molecular complexity index is 1280. The molecule has 4 nitrogen and oxygen atoms in total. The van der Waals surface area contributed by atoms with Gasteiger partial charge in [0.1, 0.15) is 4.90 Å². The molecule has 0 aliphatic carbocycles. The van der Waals surface area contributed by atoms with E-state index in [1.54, 1.807) is 0 Å². The van der Waals surface area contributed by atoms with E-state index in [2.05, 4.69) is 143 Å². The first-order valence-electron chi connectivity index (χ1n) is 15.6. The molecular weight excluding hydrogens is 597 g/mol. The van der Waals surface area contributed by atoms with Crippen molar-refractivity contribution in [3.63, 3.8) is 0 Å². The molecule has 0 heterocycles. The number of hydrogen-bond acceptors (Lipinski definition) is 4. The van der Waals surface area contributed by atoms with Crippen LogP contribution in [0, 0.1) is 0 Å². The molecule has 242 valence electrons. The van der Waals surface area contributed by atoms with Crippen LogP contribution in [-0.2, 0) is 46.0 Å². The third-order valence-corrected chi connectivity index (χ3v) is 9.08. The minimum atomic E-state index is -1.08. The van der Waals surface area contributed by atoms with Gasteiger partial charge in [0.05, 0.1) is 10.9 Å². The predicted octanol–water partition coefficient (Wildman–Crippen LogP) is 7.16. The van der Waals surface area contributed by atoms with Crippen LogP contribution in [0.3, 0.4) is 0 Å². The van der Waals surface area contributed by atoms with Gasteiger partial charge in [-0.2, -0.15) is 0 Å². The summed E-state index contributed by atoms with van der Waals surface area (Å²) in [5.74, 6) is -1.53. The van der Waals surface area contributed by atoms with Gasteiger partial charge in [-0.15, -0.1) is 0 Å². The second-order valence-electron chi connectivity index (χ2n) is 10.9. The van der Waals surface area contributed by atoms with E-state index in [0.717, 1.165) is 18.7 Å². The smallest absolute Gasteiger partial charge is 0.166 e. The Morgan fingerprint density at radius 2 is 0.978 bits per heavy atom. The number of benzene rings is 4. The Morgan fingerprint density at radius 1 is 0.622 bits per heavy atom. The zero-order valence-electron chi connectivity index (χ0n) is 27.7. The minimum Gasteiger partial charge on any atom is -0.550 e. The van der Waals surface area contributed by atoms with Gasteiger partial charge in [-0.05, 0) is 123 Å². The fourth-order valence-electron chi connectivity index (χ4n) is 4.18. The lowest BCUT2D eigenvalue weighted by atomic mass is 10.0. The van der Waals surface area contributed by atoms with Crippen molar-refractivity contribution in [1.29, 1.82) is 0 Å². The Labute approximate surface area is 279 Å². The van der Waals surface area contributed by atoms with Crippen LogP contribution < -0.4 is 10.2 Å². The zero-order chi connectivity index (χ0) is 33.6. The second kappa shape index (κ2) is 22.9. The number of carbonyl (C=O) groups excluding carboxylic acids is 2. The molecular formula is C39H50O4S2. The average Bonchev–Trinajstić information content (AvgIpc) is 3.01. The zero-order valence-corrected chi connectivity index (χ0v) is 29.5. The van der Waals surface area contributed by atoms with Crippen LogP contribution in [0.4, 0.5) is 0 Å². The number of aliphatic carboxylic acids is 2. The molecule has 45 heavy (non-hydrogen) atoms. The monoisotopic (exact) mass is 646 g/mol. The number of carboxylic acid groups (broad SMARTS) is 2. The number of rotatable bonds is 10. The van der Waals surface area contributed by atoms with E-state index in [-0.39, 0.29) is 10.9 Å². The number of unbranched alkanes of at least 4 members (excludes halogenated alkanes) is 2. The van der Waals surface area contributed by atoms with E-state index in [0.29, 0.717) is 5.92 Å². The molecule has 0 atom stereocenters. The largest absolute Gasteiger partial charge is 0.550 e. The summed E-state index contributed by atoms with van der Waals surface area (Å²) in [6.45, 7) is 10.8. The molecule has 0 unspecified atom stereocenters. The van der Waals surface area contributed by atoms with Crippen molar-refractivity contribution < 1.29 is 19.8 Å². The first-order chi connectivity index (χ1) is 21.5. The molecule has 0 aliphatic heterocycles.